The second kappa shape index (κ2) is 4.07. The maximum Gasteiger partial charge on any atom is 0.330 e. The summed E-state index contributed by atoms with van der Waals surface area (Å²) in [5.41, 5.74) is -0.491. The molecule has 0 radical (unpaired) electrons. The molecular formula is C10H12N2O4. The Bertz CT molecular complexity index is 528. The molecule has 2 rings (SSSR count). The molecule has 0 saturated heterocycles. The van der Waals surface area contributed by atoms with Gasteiger partial charge in [0.15, 0.2) is 6.23 Å². The van der Waals surface area contributed by atoms with Gasteiger partial charge in [-0.2, -0.15) is 0 Å². The van der Waals surface area contributed by atoms with Gasteiger partial charge in [-0.15, -0.1) is 0 Å². The summed E-state index contributed by atoms with van der Waals surface area (Å²) in [5, 5.41) is 8.88. The standard InChI is InChI=1S/C10H12N2O4/c1-6-4-12(10(15)11-9(6)14)8-3-2-7(5-13)16-8/h2-4,7-8,13H,5H2,1H3,(H,11,14,15)/t7-,8+/m1/s1. The normalized spacial score (nSPS) is 23.9. The first-order valence-corrected chi connectivity index (χ1v) is 4.88. The van der Waals surface area contributed by atoms with E-state index in [0.29, 0.717) is 5.56 Å². The summed E-state index contributed by atoms with van der Waals surface area (Å²) >= 11 is 0. The van der Waals surface area contributed by atoms with E-state index in [9.17, 15) is 9.59 Å². The lowest BCUT2D eigenvalue weighted by Crippen LogP contribution is -2.33. The maximum absolute atomic E-state index is 11.5. The summed E-state index contributed by atoms with van der Waals surface area (Å²) in [6.07, 6.45) is 3.82. The predicted molar refractivity (Wildman–Crippen MR) is 56.2 cm³/mol. The highest BCUT2D eigenvalue weighted by molar-refractivity contribution is 5.06. The van der Waals surface area contributed by atoms with Crippen molar-refractivity contribution in [2.45, 2.75) is 19.3 Å². The zero-order valence-corrected chi connectivity index (χ0v) is 8.71. The molecule has 0 aliphatic carbocycles. The van der Waals surface area contributed by atoms with Crippen LogP contribution in [0.3, 0.4) is 0 Å². The van der Waals surface area contributed by atoms with Gasteiger partial charge in [0.1, 0.15) is 6.10 Å². The molecule has 0 aromatic carbocycles. The Labute approximate surface area is 90.8 Å². The molecule has 0 spiro atoms. The highest BCUT2D eigenvalue weighted by Gasteiger charge is 2.20. The Morgan fingerprint density at radius 1 is 1.50 bits per heavy atom. The summed E-state index contributed by atoms with van der Waals surface area (Å²) in [6, 6.07) is 0. The molecule has 86 valence electrons. The SMILES string of the molecule is Cc1cn([C@@H]2C=C[C@H](CO)O2)c(=O)[nH]c1=O. The van der Waals surface area contributed by atoms with E-state index in [2.05, 4.69) is 4.98 Å². The molecule has 0 fully saturated rings. The average Bonchev–Trinajstić information content (AvgIpc) is 2.71. The number of aromatic nitrogens is 2. The van der Waals surface area contributed by atoms with Crippen molar-refractivity contribution < 1.29 is 9.84 Å². The lowest BCUT2D eigenvalue weighted by Gasteiger charge is -2.14. The van der Waals surface area contributed by atoms with Crippen LogP contribution in [0.25, 0.3) is 0 Å². The first kappa shape index (κ1) is 10.8. The number of nitrogens with one attached hydrogen (secondary N) is 1. The zero-order chi connectivity index (χ0) is 11.7. The third-order valence-electron chi connectivity index (χ3n) is 2.40. The largest absolute Gasteiger partial charge is 0.393 e. The summed E-state index contributed by atoms with van der Waals surface area (Å²) < 4.78 is 6.63. The molecular weight excluding hydrogens is 212 g/mol. The van der Waals surface area contributed by atoms with Gasteiger partial charge in [-0.3, -0.25) is 14.3 Å². The fraction of sp³-hybridized carbons (Fsp3) is 0.400. The van der Waals surface area contributed by atoms with Crippen LogP contribution in [0.5, 0.6) is 0 Å². The number of aryl methyl sites for hydroxylation is 1. The molecule has 0 unspecified atom stereocenters. The molecule has 1 aromatic heterocycles. The Morgan fingerprint density at radius 3 is 2.88 bits per heavy atom. The second-order valence-electron chi connectivity index (χ2n) is 3.61. The zero-order valence-electron chi connectivity index (χ0n) is 8.71. The van der Waals surface area contributed by atoms with Crippen molar-refractivity contribution in [3.63, 3.8) is 0 Å². The van der Waals surface area contributed by atoms with E-state index in [0.717, 1.165) is 0 Å². The number of aliphatic hydroxyl groups excluding tert-OH is 1. The number of aliphatic hydroxyl groups is 1. The quantitative estimate of drug-likeness (QED) is 0.650. The van der Waals surface area contributed by atoms with Gasteiger partial charge in [0.05, 0.1) is 6.61 Å². The average molecular weight is 224 g/mol. The molecule has 2 N–H and O–H groups in total. The first-order valence-electron chi connectivity index (χ1n) is 4.88. The van der Waals surface area contributed by atoms with Crippen molar-refractivity contribution in [2.75, 3.05) is 6.61 Å². The van der Waals surface area contributed by atoms with Crippen LogP contribution in [0.4, 0.5) is 0 Å². The minimum Gasteiger partial charge on any atom is -0.393 e. The lowest BCUT2D eigenvalue weighted by molar-refractivity contribution is -0.0104. The molecule has 6 heteroatoms. The minimum absolute atomic E-state index is 0.135. The molecule has 1 aliphatic heterocycles. The minimum atomic E-state index is -0.569. The lowest BCUT2D eigenvalue weighted by atomic mass is 10.3. The van der Waals surface area contributed by atoms with E-state index < -0.39 is 23.6 Å². The van der Waals surface area contributed by atoms with Gasteiger partial charge in [0.25, 0.3) is 5.56 Å². The van der Waals surface area contributed by atoms with Gasteiger partial charge < -0.3 is 9.84 Å². The van der Waals surface area contributed by atoms with Crippen LogP contribution in [0.2, 0.25) is 0 Å². The van der Waals surface area contributed by atoms with Gasteiger partial charge >= 0.3 is 5.69 Å². The van der Waals surface area contributed by atoms with Crippen molar-refractivity contribution in [1.82, 2.24) is 9.55 Å². The predicted octanol–water partition coefficient (Wildman–Crippen LogP) is -0.709. The van der Waals surface area contributed by atoms with E-state index in [-0.39, 0.29) is 6.61 Å². The van der Waals surface area contributed by atoms with Crippen LogP contribution in [0.1, 0.15) is 11.8 Å². The molecule has 6 nitrogen and oxygen atoms in total. The number of H-pyrrole nitrogens is 1. The molecule has 1 aliphatic rings. The monoisotopic (exact) mass is 224 g/mol. The van der Waals surface area contributed by atoms with Crippen molar-refractivity contribution in [2.24, 2.45) is 0 Å². The van der Waals surface area contributed by atoms with E-state index in [1.165, 1.54) is 10.8 Å². The van der Waals surface area contributed by atoms with Crippen molar-refractivity contribution in [3.05, 3.63) is 44.8 Å². The van der Waals surface area contributed by atoms with Crippen LogP contribution in [-0.2, 0) is 4.74 Å². The summed E-state index contributed by atoms with van der Waals surface area (Å²) in [6.45, 7) is 1.47. The molecule has 1 aromatic rings. The van der Waals surface area contributed by atoms with Gasteiger partial charge in [0.2, 0.25) is 0 Å². The summed E-state index contributed by atoms with van der Waals surface area (Å²) in [5.74, 6) is 0. The summed E-state index contributed by atoms with van der Waals surface area (Å²) in [4.78, 5) is 24.9. The van der Waals surface area contributed by atoms with E-state index in [1.54, 1.807) is 19.1 Å². The maximum atomic E-state index is 11.5. The fourth-order valence-corrected chi connectivity index (χ4v) is 1.53. The third kappa shape index (κ3) is 1.84. The van der Waals surface area contributed by atoms with Crippen molar-refractivity contribution in [3.8, 4) is 0 Å². The Kier molecular flexibility index (Phi) is 2.76. The molecule has 2 atom stereocenters. The number of ether oxygens (including phenoxy) is 1. The number of hydrogen-bond donors (Lipinski definition) is 2. The fourth-order valence-electron chi connectivity index (χ4n) is 1.53. The number of aromatic amines is 1. The third-order valence-corrected chi connectivity index (χ3v) is 2.40. The molecule has 0 saturated carbocycles. The Hall–Kier alpha value is -1.66. The van der Waals surface area contributed by atoms with E-state index >= 15 is 0 Å². The number of rotatable bonds is 2. The van der Waals surface area contributed by atoms with Crippen LogP contribution in [-0.4, -0.2) is 27.4 Å². The van der Waals surface area contributed by atoms with Gasteiger partial charge in [-0.25, -0.2) is 4.79 Å². The molecule has 2 heterocycles. The Morgan fingerprint density at radius 2 is 2.25 bits per heavy atom. The van der Waals surface area contributed by atoms with Gasteiger partial charge in [0, 0.05) is 11.8 Å². The molecule has 16 heavy (non-hydrogen) atoms. The Balaban J connectivity index is 2.36. The van der Waals surface area contributed by atoms with Gasteiger partial charge in [-0.05, 0) is 13.0 Å². The smallest absolute Gasteiger partial charge is 0.330 e. The number of hydrogen-bond acceptors (Lipinski definition) is 4. The molecule has 0 amide bonds. The highest BCUT2D eigenvalue weighted by Crippen LogP contribution is 2.18. The number of nitrogens with zero attached hydrogens (tertiary/aromatic N) is 1. The van der Waals surface area contributed by atoms with Gasteiger partial charge in [-0.1, -0.05) is 6.08 Å². The highest BCUT2D eigenvalue weighted by atomic mass is 16.5. The van der Waals surface area contributed by atoms with E-state index in [1.807, 2.05) is 0 Å². The van der Waals surface area contributed by atoms with Crippen LogP contribution < -0.4 is 11.2 Å². The first-order chi connectivity index (χ1) is 7.61. The second-order valence-corrected chi connectivity index (χ2v) is 3.61. The van der Waals surface area contributed by atoms with Crippen LogP contribution in [0, 0.1) is 6.92 Å². The summed E-state index contributed by atoms with van der Waals surface area (Å²) in [7, 11) is 0. The van der Waals surface area contributed by atoms with Crippen LogP contribution in [0.15, 0.2) is 27.9 Å². The topological polar surface area (TPSA) is 84.3 Å². The van der Waals surface area contributed by atoms with Crippen molar-refractivity contribution in [1.29, 1.82) is 0 Å². The van der Waals surface area contributed by atoms with Crippen LogP contribution >= 0.6 is 0 Å². The molecule has 0 bridgehead atoms. The van der Waals surface area contributed by atoms with E-state index in [4.69, 9.17) is 9.84 Å². The van der Waals surface area contributed by atoms with Crippen molar-refractivity contribution >= 4 is 0 Å².